The Morgan fingerprint density at radius 3 is 2.91 bits per heavy atom. The minimum Gasteiger partial charge on any atom is -0.357 e. The average Bonchev–Trinajstić information content (AvgIpc) is 3.15. The number of aryl methyl sites for hydroxylation is 1. The second-order valence-electron chi connectivity index (χ2n) is 4.77. The molecule has 0 amide bonds. The fourth-order valence-electron chi connectivity index (χ4n) is 1.99. The van der Waals surface area contributed by atoms with E-state index < -0.39 is 0 Å². The summed E-state index contributed by atoms with van der Waals surface area (Å²) in [5.74, 6) is 0.897. The highest BCUT2D eigenvalue weighted by atomic mass is 127. The molecule has 2 aromatic rings. The molecule has 2 N–H and O–H groups in total. The molecule has 2 heterocycles. The summed E-state index contributed by atoms with van der Waals surface area (Å²) in [7, 11) is 0. The first kappa shape index (κ1) is 20.7. The Kier molecular flexibility index (Phi) is 10.9. The monoisotopic (exact) mass is 559 g/mol. The van der Waals surface area contributed by atoms with Crippen molar-refractivity contribution in [1.82, 2.24) is 20.4 Å². The zero-order valence-electron chi connectivity index (χ0n) is 13.2. The van der Waals surface area contributed by atoms with Gasteiger partial charge in [0.1, 0.15) is 0 Å². The summed E-state index contributed by atoms with van der Waals surface area (Å²) in [6.45, 7) is 5.57. The molecule has 0 aliphatic carbocycles. The maximum atomic E-state index is 4.60. The molecule has 0 fully saturated rings. The zero-order chi connectivity index (χ0) is 15.6. The van der Waals surface area contributed by atoms with Crippen LogP contribution in [0.15, 0.2) is 35.6 Å². The minimum atomic E-state index is 0. The van der Waals surface area contributed by atoms with Crippen LogP contribution in [0.5, 0.6) is 0 Å². The van der Waals surface area contributed by atoms with Gasteiger partial charge >= 0.3 is 0 Å². The lowest BCUT2D eigenvalue weighted by atomic mass is 10.3. The molecule has 0 bridgehead atoms. The van der Waals surface area contributed by atoms with E-state index in [9.17, 15) is 0 Å². The number of nitrogens with zero attached hydrogens (tertiary/aromatic N) is 3. The van der Waals surface area contributed by atoms with Gasteiger partial charge in [-0.3, -0.25) is 9.67 Å². The van der Waals surface area contributed by atoms with Crippen LogP contribution in [0, 0.1) is 2.88 Å². The maximum Gasteiger partial charge on any atom is 0.191 e. The van der Waals surface area contributed by atoms with Crippen LogP contribution in [0.4, 0.5) is 0 Å². The van der Waals surface area contributed by atoms with Gasteiger partial charge in [-0.05, 0) is 60.6 Å². The number of hydrogen-bond acceptors (Lipinski definition) is 3. The topological polar surface area (TPSA) is 54.2 Å². The molecule has 2 rings (SSSR count). The summed E-state index contributed by atoms with van der Waals surface area (Å²) in [5.41, 5.74) is 0. The standard InChI is InChI=1S/C15H22IN5S.HI/c1-2-17-15(18-8-3-11-21-12-4-9-20-21)19-10-7-13-5-6-14(16)22-13;/h4-6,9,12H,2-3,7-8,10-11H2,1H3,(H2,17,18,19);1H. The van der Waals surface area contributed by atoms with Crippen molar-refractivity contribution < 1.29 is 0 Å². The molecule has 0 aliphatic heterocycles. The van der Waals surface area contributed by atoms with Crippen LogP contribution in [0.3, 0.4) is 0 Å². The van der Waals surface area contributed by atoms with Crippen LogP contribution in [0.25, 0.3) is 0 Å². The third-order valence-electron chi connectivity index (χ3n) is 3.01. The first-order valence-electron chi connectivity index (χ1n) is 7.51. The van der Waals surface area contributed by atoms with Gasteiger partial charge in [0.05, 0.1) is 2.88 Å². The van der Waals surface area contributed by atoms with Gasteiger partial charge in [-0.25, -0.2) is 0 Å². The van der Waals surface area contributed by atoms with E-state index in [1.807, 2.05) is 28.3 Å². The van der Waals surface area contributed by atoms with E-state index in [0.717, 1.165) is 45.0 Å². The minimum absolute atomic E-state index is 0. The van der Waals surface area contributed by atoms with Gasteiger partial charge in [-0.1, -0.05) is 0 Å². The predicted octanol–water partition coefficient (Wildman–Crippen LogP) is 3.36. The van der Waals surface area contributed by atoms with Gasteiger partial charge in [-0.2, -0.15) is 5.10 Å². The van der Waals surface area contributed by atoms with Crippen molar-refractivity contribution >= 4 is 63.9 Å². The molecule has 0 radical (unpaired) electrons. The molecular weight excluding hydrogens is 536 g/mol. The SMILES string of the molecule is CCNC(=NCCCn1cccn1)NCCc1ccc(I)s1.I. The smallest absolute Gasteiger partial charge is 0.191 e. The van der Waals surface area contributed by atoms with Crippen LogP contribution in [-0.2, 0) is 13.0 Å². The van der Waals surface area contributed by atoms with Gasteiger partial charge in [0.15, 0.2) is 5.96 Å². The van der Waals surface area contributed by atoms with Crippen LogP contribution in [0.2, 0.25) is 0 Å². The maximum absolute atomic E-state index is 4.60. The summed E-state index contributed by atoms with van der Waals surface area (Å²) < 4.78 is 3.28. The molecule has 0 aromatic carbocycles. The lowest BCUT2D eigenvalue weighted by molar-refractivity contribution is 0.584. The molecule has 2 aromatic heterocycles. The summed E-state index contributed by atoms with van der Waals surface area (Å²) in [6, 6.07) is 6.30. The molecule has 0 spiro atoms. The number of hydrogen-bond donors (Lipinski definition) is 2. The Labute approximate surface area is 172 Å². The van der Waals surface area contributed by atoms with E-state index in [4.69, 9.17) is 0 Å². The highest BCUT2D eigenvalue weighted by Crippen LogP contribution is 2.18. The van der Waals surface area contributed by atoms with Crippen molar-refractivity contribution in [2.45, 2.75) is 26.3 Å². The van der Waals surface area contributed by atoms with E-state index in [1.165, 1.54) is 7.76 Å². The molecule has 0 atom stereocenters. The van der Waals surface area contributed by atoms with E-state index in [2.05, 4.69) is 62.4 Å². The number of rotatable bonds is 8. The first-order chi connectivity index (χ1) is 10.8. The van der Waals surface area contributed by atoms with Crippen molar-refractivity contribution in [3.63, 3.8) is 0 Å². The lowest BCUT2D eigenvalue weighted by Crippen LogP contribution is -2.38. The third kappa shape index (κ3) is 8.34. The van der Waals surface area contributed by atoms with Crippen LogP contribution in [-0.4, -0.2) is 35.4 Å². The zero-order valence-corrected chi connectivity index (χ0v) is 18.5. The molecule has 5 nitrogen and oxygen atoms in total. The number of aromatic nitrogens is 2. The van der Waals surface area contributed by atoms with Crippen molar-refractivity contribution in [3.05, 3.63) is 38.4 Å². The van der Waals surface area contributed by atoms with E-state index in [0.29, 0.717) is 0 Å². The Hall–Kier alpha value is -0.360. The number of nitrogens with one attached hydrogen (secondary N) is 2. The van der Waals surface area contributed by atoms with Crippen LogP contribution in [0.1, 0.15) is 18.2 Å². The number of aliphatic imine (C=N–C) groups is 1. The summed E-state index contributed by atoms with van der Waals surface area (Å²) in [6.07, 6.45) is 5.81. The van der Waals surface area contributed by atoms with Gasteiger partial charge in [0.2, 0.25) is 0 Å². The second-order valence-corrected chi connectivity index (χ2v) is 7.83. The van der Waals surface area contributed by atoms with Gasteiger partial charge in [0, 0.05) is 43.4 Å². The molecular formula is C15H23I2N5S. The lowest BCUT2D eigenvalue weighted by Gasteiger charge is -2.10. The Morgan fingerprint density at radius 2 is 2.26 bits per heavy atom. The summed E-state index contributed by atoms with van der Waals surface area (Å²) in [4.78, 5) is 6.01. The molecule has 128 valence electrons. The predicted molar refractivity (Wildman–Crippen MR) is 117 cm³/mol. The van der Waals surface area contributed by atoms with Gasteiger partial charge in [-0.15, -0.1) is 35.3 Å². The second kappa shape index (κ2) is 12.1. The summed E-state index contributed by atoms with van der Waals surface area (Å²) >= 11 is 4.21. The Bertz CT molecular complexity index is 568. The van der Waals surface area contributed by atoms with E-state index in [-0.39, 0.29) is 24.0 Å². The number of thiophene rings is 1. The molecule has 0 unspecified atom stereocenters. The Morgan fingerprint density at radius 1 is 1.39 bits per heavy atom. The van der Waals surface area contributed by atoms with Crippen molar-refractivity contribution in [3.8, 4) is 0 Å². The molecule has 8 heteroatoms. The van der Waals surface area contributed by atoms with Crippen LogP contribution < -0.4 is 10.6 Å². The fourth-order valence-corrected chi connectivity index (χ4v) is 3.74. The largest absolute Gasteiger partial charge is 0.357 e. The third-order valence-corrected chi connectivity index (χ3v) is 4.97. The number of guanidine groups is 1. The number of halogens is 2. The molecule has 0 aliphatic rings. The van der Waals surface area contributed by atoms with Gasteiger partial charge in [0.25, 0.3) is 0 Å². The first-order valence-corrected chi connectivity index (χ1v) is 9.41. The fraction of sp³-hybridized carbons (Fsp3) is 0.467. The normalized spacial score (nSPS) is 11.1. The molecule has 0 saturated carbocycles. The average molecular weight is 559 g/mol. The highest BCUT2D eigenvalue weighted by Gasteiger charge is 2.00. The summed E-state index contributed by atoms with van der Waals surface area (Å²) in [5, 5.41) is 10.9. The van der Waals surface area contributed by atoms with E-state index >= 15 is 0 Å². The Balaban J connectivity index is 0.00000264. The quantitative estimate of drug-likeness (QED) is 0.226. The van der Waals surface area contributed by atoms with Crippen molar-refractivity contribution in [2.24, 2.45) is 4.99 Å². The molecule has 0 saturated heterocycles. The molecule has 23 heavy (non-hydrogen) atoms. The highest BCUT2D eigenvalue weighted by molar-refractivity contribution is 14.1. The van der Waals surface area contributed by atoms with E-state index in [1.54, 1.807) is 6.20 Å². The van der Waals surface area contributed by atoms with Crippen molar-refractivity contribution in [1.29, 1.82) is 0 Å². The van der Waals surface area contributed by atoms with Crippen LogP contribution >= 0.6 is 57.9 Å². The van der Waals surface area contributed by atoms with Crippen molar-refractivity contribution in [2.75, 3.05) is 19.6 Å². The van der Waals surface area contributed by atoms with Gasteiger partial charge < -0.3 is 10.6 Å².